The molecule has 3 aromatic rings. The van der Waals surface area contributed by atoms with Gasteiger partial charge in [-0.2, -0.15) is 0 Å². The van der Waals surface area contributed by atoms with Crippen LogP contribution in [-0.4, -0.2) is 30.1 Å². The Labute approximate surface area is 166 Å². The number of benzene rings is 2. The second-order valence-electron chi connectivity index (χ2n) is 5.75. The Kier molecular flexibility index (Phi) is 6.13. The number of oxime groups is 1. The van der Waals surface area contributed by atoms with Crippen LogP contribution in [0.15, 0.2) is 59.8 Å². The largest absolute Gasteiger partial charge is 0.399 e. The lowest BCUT2D eigenvalue weighted by molar-refractivity contribution is 0.0848. The Morgan fingerprint density at radius 1 is 1.04 bits per heavy atom. The summed E-state index contributed by atoms with van der Waals surface area (Å²) < 4.78 is 0. The summed E-state index contributed by atoms with van der Waals surface area (Å²) in [5.41, 5.74) is 7.60. The number of hydrogen-bond acceptors (Lipinski definition) is 6. The van der Waals surface area contributed by atoms with Crippen molar-refractivity contribution in [1.82, 2.24) is 15.8 Å². The summed E-state index contributed by atoms with van der Waals surface area (Å²) in [6.45, 7) is 1.76. The minimum absolute atomic E-state index is 0.404. The molecule has 0 unspecified atom stereocenters. The third-order valence-electron chi connectivity index (χ3n) is 3.79. The van der Waals surface area contributed by atoms with Crippen molar-refractivity contribution in [1.29, 1.82) is 0 Å². The van der Waals surface area contributed by atoms with Crippen LogP contribution < -0.4 is 10.9 Å². The van der Waals surface area contributed by atoms with Gasteiger partial charge in [-0.3, -0.25) is 20.4 Å². The van der Waals surface area contributed by atoms with Gasteiger partial charge in [0.1, 0.15) is 17.0 Å². The van der Waals surface area contributed by atoms with E-state index in [1.165, 1.54) is 24.7 Å². The zero-order chi connectivity index (χ0) is 19.9. The predicted molar refractivity (Wildman–Crippen MR) is 108 cm³/mol. The lowest BCUT2D eigenvalue weighted by Crippen LogP contribution is -2.41. The first-order valence-corrected chi connectivity index (χ1v) is 9.20. The van der Waals surface area contributed by atoms with E-state index in [-0.39, 0.29) is 0 Å². The van der Waals surface area contributed by atoms with E-state index in [1.54, 1.807) is 31.2 Å². The Balaban J connectivity index is 1.63. The number of rotatable bonds is 5. The van der Waals surface area contributed by atoms with E-state index in [0.29, 0.717) is 16.1 Å². The van der Waals surface area contributed by atoms with Gasteiger partial charge in [0.25, 0.3) is 11.8 Å². The van der Waals surface area contributed by atoms with Crippen LogP contribution >= 0.6 is 11.3 Å². The van der Waals surface area contributed by atoms with E-state index in [4.69, 9.17) is 0 Å². The molecule has 0 aliphatic rings. The van der Waals surface area contributed by atoms with E-state index in [0.717, 1.165) is 16.1 Å². The fourth-order valence-corrected chi connectivity index (χ4v) is 3.35. The van der Waals surface area contributed by atoms with Gasteiger partial charge in [-0.25, -0.2) is 4.98 Å². The SMILES string of the molecule is CO/N=C/c1ccc(C(=O)NNC(=O)c2sc(-c3ccccc3)nc2C)cc1. The second kappa shape index (κ2) is 8.92. The van der Waals surface area contributed by atoms with Crippen LogP contribution in [0.2, 0.25) is 0 Å². The maximum atomic E-state index is 12.4. The second-order valence-corrected chi connectivity index (χ2v) is 6.75. The molecule has 0 spiro atoms. The first-order chi connectivity index (χ1) is 13.6. The fraction of sp³-hybridized carbons (Fsp3) is 0.100. The monoisotopic (exact) mass is 394 g/mol. The first kappa shape index (κ1) is 19.2. The van der Waals surface area contributed by atoms with Gasteiger partial charge in [0, 0.05) is 11.1 Å². The topological polar surface area (TPSA) is 92.7 Å². The summed E-state index contributed by atoms with van der Waals surface area (Å²) in [7, 11) is 1.45. The van der Waals surface area contributed by atoms with Crippen LogP contribution in [0, 0.1) is 6.92 Å². The molecule has 28 heavy (non-hydrogen) atoms. The van der Waals surface area contributed by atoms with Crippen LogP contribution in [0.3, 0.4) is 0 Å². The van der Waals surface area contributed by atoms with Crippen LogP contribution in [-0.2, 0) is 4.84 Å². The van der Waals surface area contributed by atoms with Crippen molar-refractivity contribution in [2.45, 2.75) is 6.92 Å². The minimum Gasteiger partial charge on any atom is -0.399 e. The van der Waals surface area contributed by atoms with Crippen molar-refractivity contribution in [3.63, 3.8) is 0 Å². The number of aryl methyl sites for hydroxylation is 1. The van der Waals surface area contributed by atoms with Crippen molar-refractivity contribution in [3.05, 3.63) is 76.3 Å². The number of nitrogens with zero attached hydrogens (tertiary/aromatic N) is 2. The van der Waals surface area contributed by atoms with Gasteiger partial charge in [-0.05, 0) is 24.6 Å². The molecule has 0 aliphatic heterocycles. The number of carbonyl (C=O) groups excluding carboxylic acids is 2. The van der Waals surface area contributed by atoms with Gasteiger partial charge >= 0.3 is 0 Å². The van der Waals surface area contributed by atoms with E-state index < -0.39 is 11.8 Å². The highest BCUT2D eigenvalue weighted by Gasteiger charge is 2.17. The van der Waals surface area contributed by atoms with Crippen LogP contribution in [0.1, 0.15) is 31.3 Å². The highest BCUT2D eigenvalue weighted by Crippen LogP contribution is 2.27. The number of nitrogens with one attached hydrogen (secondary N) is 2. The Morgan fingerprint density at radius 3 is 2.39 bits per heavy atom. The average molecular weight is 394 g/mol. The summed E-state index contributed by atoms with van der Waals surface area (Å²) in [4.78, 5) is 34.2. The van der Waals surface area contributed by atoms with Crippen LogP contribution in [0.4, 0.5) is 0 Å². The molecular formula is C20H18N4O3S. The maximum absolute atomic E-state index is 12.4. The minimum atomic E-state index is -0.422. The van der Waals surface area contributed by atoms with E-state index in [2.05, 4.69) is 25.8 Å². The molecule has 0 saturated carbocycles. The summed E-state index contributed by atoms with van der Waals surface area (Å²) >= 11 is 1.28. The normalized spacial score (nSPS) is 10.6. The average Bonchev–Trinajstić information content (AvgIpc) is 3.13. The van der Waals surface area contributed by atoms with E-state index in [9.17, 15) is 9.59 Å². The highest BCUT2D eigenvalue weighted by atomic mass is 32.1. The molecule has 3 rings (SSSR count). The Bertz CT molecular complexity index is 998. The Hall–Kier alpha value is -3.52. The van der Waals surface area contributed by atoms with Gasteiger partial charge in [-0.15, -0.1) is 11.3 Å². The molecule has 1 aromatic heterocycles. The lowest BCUT2D eigenvalue weighted by atomic mass is 10.1. The van der Waals surface area contributed by atoms with E-state index in [1.807, 2.05) is 30.3 Å². The smallest absolute Gasteiger partial charge is 0.281 e. The molecule has 8 heteroatoms. The number of hydrazine groups is 1. The zero-order valence-electron chi connectivity index (χ0n) is 15.3. The standard InChI is InChI=1S/C20H18N4O3S/c1-13-17(28-20(22-13)16-6-4-3-5-7-16)19(26)24-23-18(25)15-10-8-14(9-11-15)12-21-27-2/h3-12H,1-2H3,(H,23,25)(H,24,26)/b21-12+. The molecule has 0 atom stereocenters. The molecule has 0 radical (unpaired) electrons. The van der Waals surface area contributed by atoms with Crippen molar-refractivity contribution in [3.8, 4) is 10.6 Å². The summed E-state index contributed by atoms with van der Waals surface area (Å²) in [6, 6.07) is 16.3. The molecule has 0 bridgehead atoms. The van der Waals surface area contributed by atoms with Crippen LogP contribution in [0.5, 0.6) is 0 Å². The zero-order valence-corrected chi connectivity index (χ0v) is 16.1. The summed E-state index contributed by atoms with van der Waals surface area (Å²) in [5.74, 6) is -0.830. The third-order valence-corrected chi connectivity index (χ3v) is 5.00. The highest BCUT2D eigenvalue weighted by molar-refractivity contribution is 7.17. The molecular weight excluding hydrogens is 376 g/mol. The number of hydrogen-bond donors (Lipinski definition) is 2. The van der Waals surface area contributed by atoms with Crippen molar-refractivity contribution in [2.24, 2.45) is 5.16 Å². The van der Waals surface area contributed by atoms with Gasteiger partial charge in [0.2, 0.25) is 0 Å². The van der Waals surface area contributed by atoms with Gasteiger partial charge < -0.3 is 4.84 Å². The molecule has 7 nitrogen and oxygen atoms in total. The number of amides is 2. The van der Waals surface area contributed by atoms with Gasteiger partial charge in [0.05, 0.1) is 11.9 Å². The van der Waals surface area contributed by atoms with Crippen molar-refractivity contribution >= 4 is 29.4 Å². The molecule has 1 heterocycles. The Morgan fingerprint density at radius 2 is 1.71 bits per heavy atom. The molecule has 2 amide bonds. The number of thiazole rings is 1. The summed E-state index contributed by atoms with van der Waals surface area (Å²) in [5, 5.41) is 4.41. The lowest BCUT2D eigenvalue weighted by Gasteiger charge is -2.06. The fourth-order valence-electron chi connectivity index (χ4n) is 2.39. The quantitative estimate of drug-likeness (QED) is 0.513. The number of carbonyl (C=O) groups is 2. The van der Waals surface area contributed by atoms with Gasteiger partial charge in [-0.1, -0.05) is 47.6 Å². The van der Waals surface area contributed by atoms with Crippen LogP contribution in [0.25, 0.3) is 10.6 Å². The number of aromatic nitrogens is 1. The van der Waals surface area contributed by atoms with Crippen molar-refractivity contribution < 1.29 is 14.4 Å². The molecule has 2 N–H and O–H groups in total. The third kappa shape index (κ3) is 4.60. The summed E-state index contributed by atoms with van der Waals surface area (Å²) in [6.07, 6.45) is 1.53. The first-order valence-electron chi connectivity index (χ1n) is 8.38. The van der Waals surface area contributed by atoms with E-state index >= 15 is 0 Å². The molecule has 0 aliphatic carbocycles. The van der Waals surface area contributed by atoms with Gasteiger partial charge in [0.15, 0.2) is 0 Å². The molecule has 142 valence electrons. The molecule has 0 saturated heterocycles. The maximum Gasteiger partial charge on any atom is 0.281 e. The molecule has 0 fully saturated rings. The predicted octanol–water partition coefficient (Wildman–Crippen LogP) is 3.17. The van der Waals surface area contributed by atoms with Crippen molar-refractivity contribution in [2.75, 3.05) is 7.11 Å². The molecule has 2 aromatic carbocycles.